The highest BCUT2D eigenvalue weighted by Crippen LogP contribution is 2.38. The molecule has 3 nitrogen and oxygen atoms in total. The molecule has 1 fully saturated rings. The number of hydrogen-bond donors (Lipinski definition) is 0. The van der Waals surface area contributed by atoms with Gasteiger partial charge in [-0.05, 0) is 49.1 Å². The lowest BCUT2D eigenvalue weighted by atomic mass is 9.88. The van der Waals surface area contributed by atoms with Gasteiger partial charge in [0.1, 0.15) is 11.5 Å². The van der Waals surface area contributed by atoms with Crippen molar-refractivity contribution in [2.45, 2.75) is 51.6 Å². The van der Waals surface area contributed by atoms with Gasteiger partial charge in [0, 0.05) is 13.0 Å². The number of nitrogens with zero attached hydrogens (tertiary/aromatic N) is 3. The molecule has 0 amide bonds. The number of hydrogen-bond acceptors (Lipinski definition) is 3. The van der Waals surface area contributed by atoms with Crippen LogP contribution in [0.5, 0.6) is 0 Å². The molecular weight excluding hydrogens is 318 g/mol. The first-order chi connectivity index (χ1) is 12.5. The van der Waals surface area contributed by atoms with E-state index in [1.165, 1.54) is 48.7 Å². The average molecular weight is 348 g/mol. The molecule has 0 saturated heterocycles. The van der Waals surface area contributed by atoms with Crippen molar-refractivity contribution in [1.82, 2.24) is 10.0 Å². The average Bonchev–Trinajstić information content (AvgIpc) is 2.91. The van der Waals surface area contributed by atoms with E-state index < -0.39 is 0 Å². The molecule has 0 bridgehead atoms. The van der Waals surface area contributed by atoms with Crippen molar-refractivity contribution in [2.24, 2.45) is 10.9 Å². The summed E-state index contributed by atoms with van der Waals surface area (Å²) in [5, 5.41) is 7.04. The highest BCUT2D eigenvalue weighted by Gasteiger charge is 2.41. The monoisotopic (exact) mass is 347 g/mol. The Morgan fingerprint density at radius 2 is 1.73 bits per heavy atom. The van der Waals surface area contributed by atoms with E-state index in [-0.39, 0.29) is 5.66 Å². The smallest absolute Gasteiger partial charge is 0.126 e. The van der Waals surface area contributed by atoms with Crippen LogP contribution in [-0.2, 0) is 0 Å². The first kappa shape index (κ1) is 17.3. The Hall–Kier alpha value is -2.13. The van der Waals surface area contributed by atoms with Crippen LogP contribution in [0.25, 0.3) is 16.5 Å². The maximum absolute atomic E-state index is 5.12. The molecule has 0 aromatic heterocycles. The Kier molecular flexibility index (Phi) is 4.36. The molecule has 4 rings (SSSR count). The van der Waals surface area contributed by atoms with Gasteiger partial charge in [0.05, 0.1) is 5.70 Å². The lowest BCUT2D eigenvalue weighted by Gasteiger charge is -2.37. The van der Waals surface area contributed by atoms with E-state index in [1.54, 1.807) is 0 Å². The summed E-state index contributed by atoms with van der Waals surface area (Å²) in [6, 6.07) is 15.1. The molecule has 136 valence electrons. The Morgan fingerprint density at radius 1 is 1.04 bits per heavy atom. The van der Waals surface area contributed by atoms with Crippen molar-refractivity contribution < 1.29 is 0 Å². The minimum Gasteiger partial charge on any atom is -0.259 e. The highest BCUT2D eigenvalue weighted by molar-refractivity contribution is 5.95. The molecular formula is C23H29N3. The van der Waals surface area contributed by atoms with Crippen LogP contribution in [0.1, 0.15) is 51.5 Å². The summed E-state index contributed by atoms with van der Waals surface area (Å²) in [5.74, 6) is 1.75. The molecule has 0 unspecified atom stereocenters. The van der Waals surface area contributed by atoms with Crippen LogP contribution >= 0.6 is 0 Å². The number of benzene rings is 2. The molecule has 0 spiro atoms. The molecule has 26 heavy (non-hydrogen) atoms. The molecule has 2 aliphatic rings. The molecule has 1 heterocycles. The van der Waals surface area contributed by atoms with Crippen molar-refractivity contribution in [2.75, 3.05) is 7.05 Å². The molecule has 2 aromatic carbocycles. The lowest BCUT2D eigenvalue weighted by Crippen LogP contribution is -2.46. The molecule has 3 heteroatoms. The van der Waals surface area contributed by atoms with Crippen molar-refractivity contribution in [3.05, 3.63) is 54.6 Å². The van der Waals surface area contributed by atoms with Crippen molar-refractivity contribution in [3.8, 4) is 0 Å². The van der Waals surface area contributed by atoms with E-state index >= 15 is 0 Å². The molecule has 2 aromatic rings. The maximum Gasteiger partial charge on any atom is 0.126 e. The van der Waals surface area contributed by atoms with Gasteiger partial charge in [0.25, 0.3) is 0 Å². The maximum atomic E-state index is 5.12. The molecule has 1 aliphatic carbocycles. The summed E-state index contributed by atoms with van der Waals surface area (Å²) in [7, 11) is 2.13. The fourth-order valence-corrected chi connectivity index (χ4v) is 4.23. The third-order valence-electron chi connectivity index (χ3n) is 6.01. The minimum atomic E-state index is -0.230. The van der Waals surface area contributed by atoms with Crippen molar-refractivity contribution in [1.29, 1.82) is 0 Å². The van der Waals surface area contributed by atoms with Crippen molar-refractivity contribution in [3.63, 3.8) is 0 Å². The predicted molar refractivity (Wildman–Crippen MR) is 111 cm³/mol. The first-order valence-corrected chi connectivity index (χ1v) is 9.79. The summed E-state index contributed by atoms with van der Waals surface area (Å²) in [5.41, 5.74) is 1.96. The zero-order chi connectivity index (χ0) is 18.3. The van der Waals surface area contributed by atoms with Gasteiger partial charge in [-0.3, -0.25) is 5.01 Å². The third-order valence-corrected chi connectivity index (χ3v) is 6.01. The van der Waals surface area contributed by atoms with Crippen LogP contribution < -0.4 is 0 Å². The fourth-order valence-electron chi connectivity index (χ4n) is 4.23. The van der Waals surface area contributed by atoms with Crippen LogP contribution in [0.2, 0.25) is 0 Å². The largest absolute Gasteiger partial charge is 0.259 e. The standard InChI is InChI=1S/C23H29N3/c1-17(20-15-14-18-10-8-9-13-21(18)16-20)26-22(19-11-6-5-7-12-19)24-23(2,3)25(26)4/h8-10,13-16,19H,1,5-7,11-12H2,2-4H3. The van der Waals surface area contributed by atoms with E-state index in [0.717, 1.165) is 11.3 Å². The van der Waals surface area contributed by atoms with Gasteiger partial charge in [-0.25, -0.2) is 4.99 Å². The normalized spacial score (nSPS) is 21.2. The number of hydrazine groups is 1. The summed E-state index contributed by atoms with van der Waals surface area (Å²) >= 11 is 0. The van der Waals surface area contributed by atoms with E-state index in [2.05, 4.69) is 80.0 Å². The van der Waals surface area contributed by atoms with Crippen LogP contribution in [0, 0.1) is 5.92 Å². The van der Waals surface area contributed by atoms with E-state index in [0.29, 0.717) is 5.92 Å². The van der Waals surface area contributed by atoms with E-state index in [1.807, 2.05) is 0 Å². The van der Waals surface area contributed by atoms with Crippen LogP contribution in [-0.4, -0.2) is 28.6 Å². The van der Waals surface area contributed by atoms with Gasteiger partial charge in [0.2, 0.25) is 0 Å². The summed E-state index contributed by atoms with van der Waals surface area (Å²) in [6.07, 6.45) is 6.46. The molecule has 0 atom stereocenters. The van der Waals surface area contributed by atoms with Crippen LogP contribution in [0.15, 0.2) is 54.0 Å². The van der Waals surface area contributed by atoms with Gasteiger partial charge < -0.3 is 0 Å². The molecule has 1 saturated carbocycles. The van der Waals surface area contributed by atoms with Gasteiger partial charge in [0.15, 0.2) is 0 Å². The van der Waals surface area contributed by atoms with E-state index in [9.17, 15) is 0 Å². The van der Waals surface area contributed by atoms with Gasteiger partial charge in [-0.15, -0.1) is 0 Å². The first-order valence-electron chi connectivity index (χ1n) is 9.79. The van der Waals surface area contributed by atoms with Gasteiger partial charge in [-0.1, -0.05) is 62.2 Å². The van der Waals surface area contributed by atoms with Crippen LogP contribution in [0.4, 0.5) is 0 Å². The SMILES string of the molecule is C=C(c1ccc2ccccc2c1)N1C(C2CCCCC2)=NC(C)(C)N1C. The second kappa shape index (κ2) is 6.55. The van der Waals surface area contributed by atoms with Crippen molar-refractivity contribution >= 4 is 22.3 Å². The summed E-state index contributed by atoms with van der Waals surface area (Å²) in [6.45, 7) is 8.85. The predicted octanol–water partition coefficient (Wildman–Crippen LogP) is 5.69. The minimum absolute atomic E-state index is 0.230. The zero-order valence-electron chi connectivity index (χ0n) is 16.2. The Morgan fingerprint density at radius 3 is 2.46 bits per heavy atom. The second-order valence-electron chi connectivity index (χ2n) is 8.14. The molecule has 0 radical (unpaired) electrons. The Labute approximate surface area is 157 Å². The molecule has 1 aliphatic heterocycles. The van der Waals surface area contributed by atoms with Crippen LogP contribution in [0.3, 0.4) is 0 Å². The molecule has 0 N–H and O–H groups in total. The van der Waals surface area contributed by atoms with Gasteiger partial charge in [-0.2, -0.15) is 5.01 Å². The quantitative estimate of drug-likeness (QED) is 0.710. The fraction of sp³-hybridized carbons (Fsp3) is 0.435. The topological polar surface area (TPSA) is 18.8 Å². The summed E-state index contributed by atoms with van der Waals surface area (Å²) in [4.78, 5) is 5.12. The Balaban J connectivity index is 1.70. The highest BCUT2D eigenvalue weighted by atomic mass is 15.7. The zero-order valence-corrected chi connectivity index (χ0v) is 16.2. The number of amidine groups is 1. The Bertz CT molecular complexity index is 859. The third kappa shape index (κ3) is 2.95. The number of fused-ring (bicyclic) bond motifs is 1. The second-order valence-corrected chi connectivity index (χ2v) is 8.14. The number of aliphatic imine (C=N–C) groups is 1. The number of rotatable bonds is 3. The lowest BCUT2D eigenvalue weighted by molar-refractivity contribution is 0.0548. The van der Waals surface area contributed by atoms with E-state index in [4.69, 9.17) is 4.99 Å². The van der Waals surface area contributed by atoms with Gasteiger partial charge >= 0.3 is 0 Å². The summed E-state index contributed by atoms with van der Waals surface area (Å²) < 4.78 is 0.